The molecule has 0 spiro atoms. The fourth-order valence-electron chi connectivity index (χ4n) is 2.88. The molecule has 1 heterocycles. The van der Waals surface area contributed by atoms with Crippen molar-refractivity contribution in [2.24, 2.45) is 0 Å². The summed E-state index contributed by atoms with van der Waals surface area (Å²) >= 11 is 0. The topological polar surface area (TPSA) is 42.4 Å². The van der Waals surface area contributed by atoms with Crippen LogP contribution in [-0.4, -0.2) is 10.1 Å². The minimum atomic E-state index is 0.305. The van der Waals surface area contributed by atoms with Gasteiger partial charge < -0.3 is 9.84 Å². The summed E-state index contributed by atoms with van der Waals surface area (Å²) < 4.78 is 6.01. The molecule has 3 nitrogen and oxygen atoms in total. The molecule has 0 atom stereocenters. The van der Waals surface area contributed by atoms with Gasteiger partial charge in [-0.1, -0.05) is 19.1 Å². The minimum Gasteiger partial charge on any atom is -0.507 e. The summed E-state index contributed by atoms with van der Waals surface area (Å²) in [6.07, 6.45) is 0.802. The van der Waals surface area contributed by atoms with Crippen LogP contribution in [0, 0.1) is 20.8 Å². The Morgan fingerprint density at radius 2 is 1.83 bits per heavy atom. The minimum absolute atomic E-state index is 0.305. The molecule has 1 N–H and O–H groups in total. The van der Waals surface area contributed by atoms with E-state index in [1.807, 2.05) is 64.1 Å². The van der Waals surface area contributed by atoms with Crippen molar-refractivity contribution >= 4 is 10.9 Å². The lowest BCUT2D eigenvalue weighted by Crippen LogP contribution is -1.97. The molecule has 118 valence electrons. The van der Waals surface area contributed by atoms with Crippen molar-refractivity contribution < 1.29 is 9.84 Å². The number of benzene rings is 2. The highest BCUT2D eigenvalue weighted by Gasteiger charge is 2.15. The normalized spacial score (nSPS) is 11.0. The van der Waals surface area contributed by atoms with Crippen LogP contribution in [0.25, 0.3) is 10.9 Å². The first-order chi connectivity index (χ1) is 11.0. The van der Waals surface area contributed by atoms with Crippen LogP contribution < -0.4 is 4.74 Å². The first kappa shape index (κ1) is 15.3. The largest absolute Gasteiger partial charge is 0.507 e. The van der Waals surface area contributed by atoms with Crippen LogP contribution in [0.1, 0.15) is 29.3 Å². The van der Waals surface area contributed by atoms with Gasteiger partial charge in [0.2, 0.25) is 0 Å². The average Bonchev–Trinajstić information content (AvgIpc) is 2.53. The lowest BCUT2D eigenvalue weighted by molar-refractivity contribution is 0.470. The molecule has 23 heavy (non-hydrogen) atoms. The van der Waals surface area contributed by atoms with Crippen LogP contribution in [0.3, 0.4) is 0 Å². The standard InChI is InChI=1S/C20H21NO2/c1-5-16-13(3)20(22)19-14(4)18(10-9-17(19)21-16)23-15-8-6-7-12(2)11-15/h6-11H,5H2,1-4H3,(H,21,22). The molecule has 0 unspecified atom stereocenters. The number of pyridine rings is 1. The molecule has 0 aliphatic rings. The predicted octanol–water partition coefficient (Wildman–Crippen LogP) is 5.22. The van der Waals surface area contributed by atoms with Gasteiger partial charge >= 0.3 is 0 Å². The fourth-order valence-corrected chi connectivity index (χ4v) is 2.88. The lowest BCUT2D eigenvalue weighted by atomic mass is 10.0. The van der Waals surface area contributed by atoms with Gasteiger partial charge in [0.25, 0.3) is 0 Å². The third-order valence-corrected chi connectivity index (χ3v) is 4.23. The van der Waals surface area contributed by atoms with Crippen LogP contribution in [-0.2, 0) is 6.42 Å². The first-order valence-electron chi connectivity index (χ1n) is 7.87. The second kappa shape index (κ2) is 5.92. The van der Waals surface area contributed by atoms with E-state index in [-0.39, 0.29) is 0 Å². The summed E-state index contributed by atoms with van der Waals surface area (Å²) in [7, 11) is 0. The van der Waals surface area contributed by atoms with Crippen molar-refractivity contribution in [3.8, 4) is 17.2 Å². The third kappa shape index (κ3) is 2.74. The molecule has 0 fully saturated rings. The molecule has 0 saturated heterocycles. The first-order valence-corrected chi connectivity index (χ1v) is 7.87. The van der Waals surface area contributed by atoms with E-state index in [2.05, 4.69) is 4.98 Å². The quantitative estimate of drug-likeness (QED) is 0.721. The van der Waals surface area contributed by atoms with E-state index >= 15 is 0 Å². The number of hydrogen-bond acceptors (Lipinski definition) is 3. The van der Waals surface area contributed by atoms with Crippen molar-refractivity contribution in [1.82, 2.24) is 4.98 Å². The number of fused-ring (bicyclic) bond motifs is 1. The Morgan fingerprint density at radius 1 is 1.04 bits per heavy atom. The van der Waals surface area contributed by atoms with Gasteiger partial charge in [-0.15, -0.1) is 0 Å². The smallest absolute Gasteiger partial charge is 0.131 e. The summed E-state index contributed by atoms with van der Waals surface area (Å²) in [6.45, 7) is 7.95. The Balaban J connectivity index is 2.13. The lowest BCUT2D eigenvalue weighted by Gasteiger charge is -2.14. The van der Waals surface area contributed by atoms with Crippen molar-refractivity contribution in [2.75, 3.05) is 0 Å². The molecule has 0 aliphatic carbocycles. The van der Waals surface area contributed by atoms with E-state index in [1.165, 1.54) is 0 Å². The highest BCUT2D eigenvalue weighted by molar-refractivity contribution is 5.91. The van der Waals surface area contributed by atoms with Gasteiger partial charge in [-0.3, -0.25) is 4.98 Å². The summed E-state index contributed by atoms with van der Waals surface area (Å²) in [5.41, 5.74) is 4.63. The molecule has 0 aliphatic heterocycles. The molecule has 2 aromatic carbocycles. The average molecular weight is 307 g/mol. The van der Waals surface area contributed by atoms with E-state index < -0.39 is 0 Å². The van der Waals surface area contributed by atoms with E-state index in [0.29, 0.717) is 5.75 Å². The Morgan fingerprint density at radius 3 is 2.52 bits per heavy atom. The van der Waals surface area contributed by atoms with E-state index in [0.717, 1.165) is 51.2 Å². The molecule has 1 aromatic heterocycles. The van der Waals surface area contributed by atoms with Crippen molar-refractivity contribution in [3.63, 3.8) is 0 Å². The summed E-state index contributed by atoms with van der Waals surface area (Å²) in [5.74, 6) is 1.84. The van der Waals surface area contributed by atoms with Gasteiger partial charge in [0, 0.05) is 22.2 Å². The monoisotopic (exact) mass is 307 g/mol. The second-order valence-electron chi connectivity index (χ2n) is 5.89. The summed E-state index contributed by atoms with van der Waals surface area (Å²) in [4.78, 5) is 4.66. The van der Waals surface area contributed by atoms with Crippen LogP contribution >= 0.6 is 0 Å². The van der Waals surface area contributed by atoms with Crippen LogP contribution in [0.15, 0.2) is 36.4 Å². The molecular formula is C20H21NO2. The molecule has 3 aromatic rings. The number of aromatic hydroxyl groups is 1. The molecule has 0 radical (unpaired) electrons. The Labute approximate surface area is 136 Å². The van der Waals surface area contributed by atoms with Gasteiger partial charge in [0.05, 0.1) is 5.52 Å². The highest BCUT2D eigenvalue weighted by Crippen LogP contribution is 2.37. The Kier molecular flexibility index (Phi) is 3.95. The zero-order valence-electron chi connectivity index (χ0n) is 14.0. The maximum Gasteiger partial charge on any atom is 0.131 e. The molecular weight excluding hydrogens is 286 g/mol. The predicted molar refractivity (Wildman–Crippen MR) is 93.5 cm³/mol. The zero-order chi connectivity index (χ0) is 16.6. The second-order valence-corrected chi connectivity index (χ2v) is 5.89. The van der Waals surface area contributed by atoms with Crippen molar-refractivity contribution in [1.29, 1.82) is 0 Å². The van der Waals surface area contributed by atoms with Gasteiger partial charge in [-0.2, -0.15) is 0 Å². The maximum atomic E-state index is 10.6. The van der Waals surface area contributed by atoms with Crippen LogP contribution in [0.5, 0.6) is 17.2 Å². The van der Waals surface area contributed by atoms with E-state index in [4.69, 9.17) is 4.74 Å². The number of rotatable bonds is 3. The van der Waals surface area contributed by atoms with Gasteiger partial charge in [0.1, 0.15) is 17.2 Å². The number of aromatic nitrogens is 1. The van der Waals surface area contributed by atoms with Gasteiger partial charge in [0.15, 0.2) is 0 Å². The number of aryl methyl sites for hydroxylation is 3. The molecule has 0 amide bonds. The Bertz CT molecular complexity index is 884. The number of nitrogens with zero attached hydrogens (tertiary/aromatic N) is 1. The van der Waals surface area contributed by atoms with Crippen LogP contribution in [0.2, 0.25) is 0 Å². The number of hydrogen-bond donors (Lipinski definition) is 1. The maximum absolute atomic E-state index is 10.6. The molecule has 3 rings (SSSR count). The van der Waals surface area contributed by atoms with E-state index in [1.54, 1.807) is 0 Å². The summed E-state index contributed by atoms with van der Waals surface area (Å²) in [6, 6.07) is 11.8. The molecule has 0 saturated carbocycles. The summed E-state index contributed by atoms with van der Waals surface area (Å²) in [5, 5.41) is 11.4. The number of ether oxygens (including phenoxy) is 1. The molecule has 0 bridgehead atoms. The van der Waals surface area contributed by atoms with Crippen LogP contribution in [0.4, 0.5) is 0 Å². The Hall–Kier alpha value is -2.55. The fraction of sp³-hybridized carbons (Fsp3) is 0.250. The third-order valence-electron chi connectivity index (χ3n) is 4.23. The van der Waals surface area contributed by atoms with Gasteiger partial charge in [-0.25, -0.2) is 0 Å². The van der Waals surface area contributed by atoms with Crippen molar-refractivity contribution in [2.45, 2.75) is 34.1 Å². The van der Waals surface area contributed by atoms with E-state index in [9.17, 15) is 5.11 Å². The zero-order valence-corrected chi connectivity index (χ0v) is 14.0. The van der Waals surface area contributed by atoms with Gasteiger partial charge in [-0.05, 0) is 57.0 Å². The van der Waals surface area contributed by atoms with Crippen molar-refractivity contribution in [3.05, 3.63) is 58.8 Å². The molecule has 3 heteroatoms. The highest BCUT2D eigenvalue weighted by atomic mass is 16.5. The SMILES string of the molecule is CCc1nc2ccc(Oc3cccc(C)c3)c(C)c2c(O)c1C.